The molecule has 0 amide bonds. The van der Waals surface area contributed by atoms with Crippen molar-refractivity contribution >= 4 is 40.5 Å². The summed E-state index contributed by atoms with van der Waals surface area (Å²) in [5.41, 5.74) is 2.29. The molecule has 4 nitrogen and oxygen atoms in total. The lowest BCUT2D eigenvalue weighted by Crippen LogP contribution is -2.42. The minimum atomic E-state index is 0.451. The number of unbranched alkanes of at least 4 members (excludes halogenated alkanes) is 2. The molecule has 2 atom stereocenters. The SMILES string of the molecule is CCCCC1CC2CN(c3ccc(Cl)cc3Cl)c3nc(C)nc(c32)N1CCCC. The van der Waals surface area contributed by atoms with E-state index in [0.29, 0.717) is 22.0 Å². The van der Waals surface area contributed by atoms with Crippen molar-refractivity contribution in [2.24, 2.45) is 0 Å². The van der Waals surface area contributed by atoms with Gasteiger partial charge in [0.25, 0.3) is 0 Å². The number of anilines is 3. The second kappa shape index (κ2) is 8.69. The lowest BCUT2D eigenvalue weighted by Gasteiger charge is -2.40. The Morgan fingerprint density at radius 3 is 2.55 bits per heavy atom. The summed E-state index contributed by atoms with van der Waals surface area (Å²) < 4.78 is 0. The van der Waals surface area contributed by atoms with Crippen LogP contribution in [0, 0.1) is 6.92 Å². The quantitative estimate of drug-likeness (QED) is 0.476. The van der Waals surface area contributed by atoms with Crippen LogP contribution in [0.15, 0.2) is 18.2 Å². The maximum atomic E-state index is 6.58. The van der Waals surface area contributed by atoms with E-state index in [0.717, 1.165) is 42.7 Å². The number of aromatic nitrogens is 2. The first-order valence-electron chi connectivity index (χ1n) is 10.9. The Morgan fingerprint density at radius 1 is 1.07 bits per heavy atom. The van der Waals surface area contributed by atoms with E-state index in [-0.39, 0.29) is 0 Å². The smallest absolute Gasteiger partial charge is 0.142 e. The van der Waals surface area contributed by atoms with Gasteiger partial charge in [-0.3, -0.25) is 0 Å². The molecule has 4 rings (SSSR count). The Bertz CT molecular complexity index is 885. The van der Waals surface area contributed by atoms with Gasteiger partial charge in [-0.15, -0.1) is 0 Å². The van der Waals surface area contributed by atoms with Crippen LogP contribution in [0.25, 0.3) is 0 Å². The van der Waals surface area contributed by atoms with Crippen molar-refractivity contribution in [2.45, 2.75) is 71.3 Å². The number of rotatable bonds is 7. The molecule has 0 saturated carbocycles. The van der Waals surface area contributed by atoms with Gasteiger partial charge in [-0.1, -0.05) is 56.3 Å². The minimum Gasteiger partial charge on any atom is -0.353 e. The standard InChI is InChI=1S/C23H30Cl2N4/c1-4-6-8-18-12-16-14-29(20-10-9-17(24)13-19(20)25)23-21(16)22(26-15(3)27-23)28(18)11-7-5-2/h9-10,13,16,18H,4-8,11-12,14H2,1-3H3. The fourth-order valence-electron chi connectivity index (χ4n) is 4.80. The van der Waals surface area contributed by atoms with E-state index < -0.39 is 0 Å². The summed E-state index contributed by atoms with van der Waals surface area (Å²) in [6, 6.07) is 6.29. The molecule has 0 aliphatic carbocycles. The van der Waals surface area contributed by atoms with E-state index in [1.54, 1.807) is 0 Å². The summed E-state index contributed by atoms with van der Waals surface area (Å²) in [5, 5.41) is 1.33. The summed E-state index contributed by atoms with van der Waals surface area (Å²) >= 11 is 12.7. The molecule has 2 aromatic rings. The van der Waals surface area contributed by atoms with Gasteiger partial charge in [0.1, 0.15) is 17.5 Å². The third kappa shape index (κ3) is 3.94. The molecule has 0 radical (unpaired) electrons. The Kier molecular flexibility index (Phi) is 6.21. The topological polar surface area (TPSA) is 32.3 Å². The van der Waals surface area contributed by atoms with Crippen molar-refractivity contribution in [3.05, 3.63) is 39.6 Å². The third-order valence-corrected chi connectivity index (χ3v) is 6.74. The van der Waals surface area contributed by atoms with Crippen LogP contribution in [0.2, 0.25) is 10.0 Å². The van der Waals surface area contributed by atoms with Gasteiger partial charge < -0.3 is 9.80 Å². The molecule has 29 heavy (non-hydrogen) atoms. The average Bonchev–Trinajstić information content (AvgIpc) is 3.04. The normalized spacial score (nSPS) is 20.3. The van der Waals surface area contributed by atoms with Gasteiger partial charge in [0.2, 0.25) is 0 Å². The number of halogens is 2. The van der Waals surface area contributed by atoms with Gasteiger partial charge in [0.05, 0.1) is 10.7 Å². The highest BCUT2D eigenvalue weighted by Crippen LogP contribution is 2.51. The molecular weight excluding hydrogens is 403 g/mol. The molecule has 0 fully saturated rings. The fraction of sp³-hybridized carbons (Fsp3) is 0.565. The molecule has 2 unspecified atom stereocenters. The van der Waals surface area contributed by atoms with Crippen LogP contribution in [0.5, 0.6) is 0 Å². The van der Waals surface area contributed by atoms with Crippen molar-refractivity contribution in [1.29, 1.82) is 0 Å². The van der Waals surface area contributed by atoms with Crippen LogP contribution < -0.4 is 9.80 Å². The van der Waals surface area contributed by atoms with Gasteiger partial charge in [-0.05, 0) is 44.4 Å². The molecule has 6 heteroatoms. The first-order valence-corrected chi connectivity index (χ1v) is 11.7. The average molecular weight is 433 g/mol. The van der Waals surface area contributed by atoms with Crippen LogP contribution in [0.1, 0.15) is 69.7 Å². The zero-order valence-electron chi connectivity index (χ0n) is 17.6. The van der Waals surface area contributed by atoms with Crippen LogP contribution in [-0.2, 0) is 0 Å². The summed E-state index contributed by atoms with van der Waals surface area (Å²) in [7, 11) is 0. The van der Waals surface area contributed by atoms with E-state index in [2.05, 4.69) is 23.6 Å². The van der Waals surface area contributed by atoms with Gasteiger partial charge in [-0.25, -0.2) is 9.97 Å². The first-order chi connectivity index (χ1) is 14.0. The van der Waals surface area contributed by atoms with E-state index in [9.17, 15) is 0 Å². The molecule has 2 aliphatic heterocycles. The van der Waals surface area contributed by atoms with Crippen LogP contribution in [0.4, 0.5) is 17.3 Å². The van der Waals surface area contributed by atoms with Gasteiger partial charge in [0, 0.05) is 35.6 Å². The summed E-state index contributed by atoms with van der Waals surface area (Å²) in [6.45, 7) is 8.51. The largest absolute Gasteiger partial charge is 0.353 e. The Morgan fingerprint density at radius 2 is 1.83 bits per heavy atom. The molecule has 156 valence electrons. The second-order valence-electron chi connectivity index (χ2n) is 8.31. The Hall–Kier alpha value is -1.52. The van der Waals surface area contributed by atoms with E-state index in [1.807, 2.05) is 25.1 Å². The highest BCUT2D eigenvalue weighted by Gasteiger charge is 2.42. The molecule has 1 aromatic heterocycles. The summed E-state index contributed by atoms with van der Waals surface area (Å²) in [5.74, 6) is 3.46. The molecular formula is C23H30Cl2N4. The zero-order valence-corrected chi connectivity index (χ0v) is 19.1. The molecule has 0 saturated heterocycles. The molecule has 3 heterocycles. The lowest BCUT2D eigenvalue weighted by molar-refractivity contribution is 0.434. The van der Waals surface area contributed by atoms with Crippen molar-refractivity contribution in [2.75, 3.05) is 22.9 Å². The van der Waals surface area contributed by atoms with Crippen LogP contribution in [0.3, 0.4) is 0 Å². The maximum absolute atomic E-state index is 6.58. The van der Waals surface area contributed by atoms with Gasteiger partial charge in [0.15, 0.2) is 0 Å². The van der Waals surface area contributed by atoms with Crippen LogP contribution >= 0.6 is 23.2 Å². The predicted molar refractivity (Wildman–Crippen MR) is 123 cm³/mol. The molecule has 2 aliphatic rings. The van der Waals surface area contributed by atoms with E-state index in [1.165, 1.54) is 37.7 Å². The Balaban J connectivity index is 1.77. The zero-order chi connectivity index (χ0) is 20.5. The summed E-state index contributed by atoms with van der Waals surface area (Å²) in [6.07, 6.45) is 7.28. The highest BCUT2D eigenvalue weighted by atomic mass is 35.5. The van der Waals surface area contributed by atoms with Crippen molar-refractivity contribution < 1.29 is 0 Å². The summed E-state index contributed by atoms with van der Waals surface area (Å²) in [4.78, 5) is 14.7. The monoisotopic (exact) mass is 432 g/mol. The van der Waals surface area contributed by atoms with E-state index >= 15 is 0 Å². The Labute approximate surface area is 184 Å². The molecule has 0 spiro atoms. The second-order valence-corrected chi connectivity index (χ2v) is 9.16. The van der Waals surface area contributed by atoms with Crippen molar-refractivity contribution in [3.63, 3.8) is 0 Å². The highest BCUT2D eigenvalue weighted by molar-refractivity contribution is 6.36. The lowest BCUT2D eigenvalue weighted by atomic mass is 9.87. The van der Waals surface area contributed by atoms with Gasteiger partial charge in [-0.2, -0.15) is 0 Å². The number of benzene rings is 1. The molecule has 0 bridgehead atoms. The van der Waals surface area contributed by atoms with Crippen molar-refractivity contribution in [1.82, 2.24) is 9.97 Å². The maximum Gasteiger partial charge on any atom is 0.142 e. The number of hydrogen-bond donors (Lipinski definition) is 0. The first kappa shape index (κ1) is 20.7. The van der Waals surface area contributed by atoms with Gasteiger partial charge >= 0.3 is 0 Å². The van der Waals surface area contributed by atoms with Crippen molar-refractivity contribution in [3.8, 4) is 0 Å². The number of aryl methyl sites for hydroxylation is 1. The molecule has 0 N–H and O–H groups in total. The number of hydrogen-bond acceptors (Lipinski definition) is 4. The van der Waals surface area contributed by atoms with E-state index in [4.69, 9.17) is 33.2 Å². The predicted octanol–water partition coefficient (Wildman–Crippen LogP) is 6.90. The number of nitrogens with zero attached hydrogens (tertiary/aromatic N) is 4. The fourth-order valence-corrected chi connectivity index (χ4v) is 5.31. The third-order valence-electron chi connectivity index (χ3n) is 6.20. The van der Waals surface area contributed by atoms with Crippen LogP contribution in [-0.4, -0.2) is 29.1 Å². The molecule has 1 aromatic carbocycles. The minimum absolute atomic E-state index is 0.451.